The predicted octanol–water partition coefficient (Wildman–Crippen LogP) is 4.39. The molecule has 1 aromatic heterocycles. The van der Waals surface area contributed by atoms with Gasteiger partial charge in [0.05, 0.1) is 0 Å². The minimum Gasteiger partial charge on any atom is -0.439 e. The highest BCUT2D eigenvalue weighted by Gasteiger charge is 2.06. The molecule has 112 valence electrons. The summed E-state index contributed by atoms with van der Waals surface area (Å²) in [5.74, 6) is 3.48. The molecule has 0 amide bonds. The molecule has 2 aromatic rings. The maximum absolute atomic E-state index is 5.84. The summed E-state index contributed by atoms with van der Waals surface area (Å²) in [6, 6.07) is 10.0. The van der Waals surface area contributed by atoms with Crippen LogP contribution in [0.25, 0.3) is 0 Å². The van der Waals surface area contributed by atoms with Gasteiger partial charge in [-0.05, 0) is 30.0 Å². The molecule has 1 N–H and O–H groups in total. The molecule has 0 aliphatic rings. The lowest BCUT2D eigenvalue weighted by Gasteiger charge is -2.11. The Morgan fingerprint density at radius 1 is 1.14 bits per heavy atom. The number of benzene rings is 1. The van der Waals surface area contributed by atoms with E-state index in [1.807, 2.05) is 32.2 Å². The van der Waals surface area contributed by atoms with Crippen LogP contribution in [0.2, 0.25) is 0 Å². The van der Waals surface area contributed by atoms with Gasteiger partial charge in [-0.2, -0.15) is 4.98 Å². The number of nitrogens with one attached hydrogen (secondary N) is 1. The first-order valence-corrected chi connectivity index (χ1v) is 7.49. The summed E-state index contributed by atoms with van der Waals surface area (Å²) in [6.45, 7) is 6.45. The molecule has 1 atom stereocenters. The van der Waals surface area contributed by atoms with Crippen molar-refractivity contribution in [1.82, 2.24) is 9.97 Å². The first-order valence-electron chi connectivity index (χ1n) is 7.49. The Kier molecular flexibility index (Phi) is 5.14. The predicted molar refractivity (Wildman–Crippen MR) is 86.2 cm³/mol. The highest BCUT2D eigenvalue weighted by molar-refractivity contribution is 5.40. The fourth-order valence-corrected chi connectivity index (χ4v) is 2.03. The highest BCUT2D eigenvalue weighted by atomic mass is 16.5. The van der Waals surface area contributed by atoms with Crippen molar-refractivity contribution in [2.24, 2.45) is 0 Å². The smallest absolute Gasteiger partial charge is 0.224 e. The zero-order chi connectivity index (χ0) is 15.2. The molecule has 0 saturated heterocycles. The molecule has 0 saturated carbocycles. The Labute approximate surface area is 126 Å². The lowest BCUT2D eigenvalue weighted by Crippen LogP contribution is -2.01. The summed E-state index contributed by atoms with van der Waals surface area (Å²) >= 11 is 0. The van der Waals surface area contributed by atoms with Crippen molar-refractivity contribution in [3.63, 3.8) is 0 Å². The van der Waals surface area contributed by atoms with Gasteiger partial charge < -0.3 is 10.1 Å². The van der Waals surface area contributed by atoms with Crippen LogP contribution in [0.3, 0.4) is 0 Å². The van der Waals surface area contributed by atoms with E-state index in [2.05, 4.69) is 41.3 Å². The molecular formula is C17H23N3O. The molecule has 1 heterocycles. The number of ether oxygens (including phenoxy) is 1. The van der Waals surface area contributed by atoms with Gasteiger partial charge in [0.15, 0.2) is 0 Å². The second-order valence-electron chi connectivity index (χ2n) is 5.09. The third kappa shape index (κ3) is 3.94. The van der Waals surface area contributed by atoms with E-state index in [9.17, 15) is 0 Å². The van der Waals surface area contributed by atoms with Crippen LogP contribution in [0, 0.1) is 0 Å². The van der Waals surface area contributed by atoms with Crippen LogP contribution in [0.1, 0.15) is 44.5 Å². The molecule has 0 fully saturated rings. The van der Waals surface area contributed by atoms with Crippen LogP contribution in [-0.4, -0.2) is 17.0 Å². The molecule has 0 radical (unpaired) electrons. The lowest BCUT2D eigenvalue weighted by molar-refractivity contribution is 0.459. The summed E-state index contributed by atoms with van der Waals surface area (Å²) in [6.07, 6.45) is 1.91. The molecule has 1 aromatic carbocycles. The SMILES string of the molecule is CCc1nc(NC)cc(Oc2ccc(C(C)CC)cc2)n1. The summed E-state index contributed by atoms with van der Waals surface area (Å²) in [4.78, 5) is 8.75. The van der Waals surface area contributed by atoms with Gasteiger partial charge in [-0.15, -0.1) is 0 Å². The van der Waals surface area contributed by atoms with Crippen molar-refractivity contribution >= 4 is 5.82 Å². The van der Waals surface area contributed by atoms with Gasteiger partial charge in [0.1, 0.15) is 17.4 Å². The average molecular weight is 285 g/mol. The average Bonchev–Trinajstić information content (AvgIpc) is 2.54. The second-order valence-corrected chi connectivity index (χ2v) is 5.09. The number of hydrogen-bond acceptors (Lipinski definition) is 4. The summed E-state index contributed by atoms with van der Waals surface area (Å²) in [5.41, 5.74) is 1.33. The van der Waals surface area contributed by atoms with Crippen molar-refractivity contribution in [1.29, 1.82) is 0 Å². The van der Waals surface area contributed by atoms with E-state index in [0.29, 0.717) is 11.8 Å². The van der Waals surface area contributed by atoms with Crippen molar-refractivity contribution in [2.75, 3.05) is 12.4 Å². The number of nitrogens with zero attached hydrogens (tertiary/aromatic N) is 2. The molecule has 1 unspecified atom stereocenters. The van der Waals surface area contributed by atoms with E-state index in [0.717, 1.165) is 30.2 Å². The third-order valence-electron chi connectivity index (χ3n) is 3.61. The van der Waals surface area contributed by atoms with Crippen molar-refractivity contribution in [3.8, 4) is 11.6 Å². The number of aromatic nitrogens is 2. The number of anilines is 1. The van der Waals surface area contributed by atoms with E-state index in [1.165, 1.54) is 5.56 Å². The molecular weight excluding hydrogens is 262 g/mol. The Hall–Kier alpha value is -2.10. The summed E-state index contributed by atoms with van der Waals surface area (Å²) in [5, 5.41) is 3.03. The molecule has 2 rings (SSSR count). The Morgan fingerprint density at radius 2 is 1.86 bits per heavy atom. The fraction of sp³-hybridized carbons (Fsp3) is 0.412. The Morgan fingerprint density at radius 3 is 2.43 bits per heavy atom. The Bertz CT molecular complexity index is 559. The minimum absolute atomic E-state index is 0.570. The fourth-order valence-electron chi connectivity index (χ4n) is 2.03. The van der Waals surface area contributed by atoms with Crippen molar-refractivity contribution in [2.45, 2.75) is 39.5 Å². The monoisotopic (exact) mass is 285 g/mol. The van der Waals surface area contributed by atoms with E-state index in [1.54, 1.807) is 0 Å². The molecule has 0 bridgehead atoms. The summed E-state index contributed by atoms with van der Waals surface area (Å²) in [7, 11) is 1.84. The van der Waals surface area contributed by atoms with Crippen LogP contribution >= 0.6 is 0 Å². The minimum atomic E-state index is 0.570. The third-order valence-corrected chi connectivity index (χ3v) is 3.61. The Balaban J connectivity index is 2.17. The van der Waals surface area contributed by atoms with Gasteiger partial charge >= 0.3 is 0 Å². The summed E-state index contributed by atoms with van der Waals surface area (Å²) < 4.78 is 5.84. The number of aryl methyl sites for hydroxylation is 1. The molecule has 4 nitrogen and oxygen atoms in total. The largest absolute Gasteiger partial charge is 0.439 e. The van der Waals surface area contributed by atoms with Gasteiger partial charge in [0.2, 0.25) is 5.88 Å². The molecule has 0 spiro atoms. The van der Waals surface area contributed by atoms with Gasteiger partial charge in [0.25, 0.3) is 0 Å². The number of hydrogen-bond donors (Lipinski definition) is 1. The first kappa shape index (κ1) is 15.3. The normalized spacial score (nSPS) is 12.0. The van der Waals surface area contributed by atoms with Gasteiger partial charge in [-0.25, -0.2) is 4.98 Å². The molecule has 21 heavy (non-hydrogen) atoms. The maximum Gasteiger partial charge on any atom is 0.224 e. The second kappa shape index (κ2) is 7.07. The van der Waals surface area contributed by atoms with Crippen LogP contribution in [0.5, 0.6) is 11.6 Å². The van der Waals surface area contributed by atoms with Crippen LogP contribution in [0.4, 0.5) is 5.82 Å². The van der Waals surface area contributed by atoms with Gasteiger partial charge in [0, 0.05) is 19.5 Å². The lowest BCUT2D eigenvalue weighted by atomic mass is 9.99. The maximum atomic E-state index is 5.84. The topological polar surface area (TPSA) is 47.0 Å². The van der Waals surface area contributed by atoms with Crippen LogP contribution < -0.4 is 10.1 Å². The van der Waals surface area contributed by atoms with Gasteiger partial charge in [-0.1, -0.05) is 32.9 Å². The van der Waals surface area contributed by atoms with Crippen LogP contribution in [-0.2, 0) is 6.42 Å². The zero-order valence-electron chi connectivity index (χ0n) is 13.2. The quantitative estimate of drug-likeness (QED) is 0.855. The first-order chi connectivity index (χ1) is 10.2. The van der Waals surface area contributed by atoms with Crippen molar-refractivity contribution in [3.05, 3.63) is 41.7 Å². The van der Waals surface area contributed by atoms with E-state index in [-0.39, 0.29) is 0 Å². The van der Waals surface area contributed by atoms with Gasteiger partial charge in [-0.3, -0.25) is 0 Å². The molecule has 0 aliphatic heterocycles. The standard InChI is InChI=1S/C17H23N3O/c1-5-12(3)13-7-9-14(10-8-13)21-17-11-16(18-4)19-15(6-2)20-17/h7-12H,5-6H2,1-4H3,(H,18,19,20). The van der Waals surface area contributed by atoms with Crippen LogP contribution in [0.15, 0.2) is 30.3 Å². The van der Waals surface area contributed by atoms with E-state index in [4.69, 9.17) is 4.74 Å². The zero-order valence-corrected chi connectivity index (χ0v) is 13.2. The van der Waals surface area contributed by atoms with Crippen molar-refractivity contribution < 1.29 is 4.74 Å². The molecule has 4 heteroatoms. The molecule has 0 aliphatic carbocycles. The van der Waals surface area contributed by atoms with E-state index < -0.39 is 0 Å². The van der Waals surface area contributed by atoms with E-state index >= 15 is 0 Å². The highest BCUT2D eigenvalue weighted by Crippen LogP contribution is 2.25. The number of rotatable bonds is 6.